The van der Waals surface area contributed by atoms with Gasteiger partial charge in [0.25, 0.3) is 5.91 Å². The highest BCUT2D eigenvalue weighted by atomic mass is 19.4. The maximum Gasteiger partial charge on any atom is 0.490 e. The van der Waals surface area contributed by atoms with Crippen LogP contribution < -0.4 is 0 Å². The summed E-state index contributed by atoms with van der Waals surface area (Å²) in [4.78, 5) is 31.6. The summed E-state index contributed by atoms with van der Waals surface area (Å²) < 4.78 is 33.6. The summed E-state index contributed by atoms with van der Waals surface area (Å²) in [6.45, 7) is 10.1. The number of rotatable bonds is 4. The van der Waals surface area contributed by atoms with E-state index in [2.05, 4.69) is 30.0 Å². The molecule has 8 nitrogen and oxygen atoms in total. The average molecular weight is 457 g/mol. The predicted molar refractivity (Wildman–Crippen MR) is 111 cm³/mol. The highest BCUT2D eigenvalue weighted by molar-refractivity contribution is 6.07. The number of carboxylic acid groups (broad SMARTS) is 1. The van der Waals surface area contributed by atoms with Crippen molar-refractivity contribution < 1.29 is 27.9 Å². The molecule has 0 radical (unpaired) electrons. The summed E-state index contributed by atoms with van der Waals surface area (Å²) in [7, 11) is 1.95. The number of amidine groups is 1. The van der Waals surface area contributed by atoms with Gasteiger partial charge in [0.1, 0.15) is 11.4 Å². The van der Waals surface area contributed by atoms with Crippen LogP contribution in [0.4, 0.5) is 13.2 Å². The first kappa shape index (κ1) is 24.2. The number of hydrogen-bond acceptors (Lipinski definition) is 5. The molecule has 1 saturated heterocycles. The Balaban J connectivity index is 0.000000360. The van der Waals surface area contributed by atoms with E-state index in [1.165, 1.54) is 5.56 Å². The first-order chi connectivity index (χ1) is 14.8. The van der Waals surface area contributed by atoms with E-state index in [0.717, 1.165) is 44.9 Å². The van der Waals surface area contributed by atoms with Crippen LogP contribution in [0.25, 0.3) is 0 Å². The van der Waals surface area contributed by atoms with Crippen LogP contribution in [-0.2, 0) is 23.2 Å². The van der Waals surface area contributed by atoms with Crippen molar-refractivity contribution in [1.82, 2.24) is 19.6 Å². The lowest BCUT2D eigenvalue weighted by atomic mass is 9.85. The van der Waals surface area contributed by atoms with E-state index in [9.17, 15) is 18.0 Å². The first-order valence-corrected chi connectivity index (χ1v) is 10.7. The van der Waals surface area contributed by atoms with E-state index >= 15 is 0 Å². The lowest BCUT2D eigenvalue weighted by molar-refractivity contribution is -0.192. The van der Waals surface area contributed by atoms with Crippen LogP contribution in [0, 0.1) is 17.8 Å². The monoisotopic (exact) mass is 457 g/mol. The molecule has 11 heteroatoms. The number of alkyl halides is 3. The van der Waals surface area contributed by atoms with Crippen molar-refractivity contribution in [2.75, 3.05) is 19.6 Å². The third-order valence-corrected chi connectivity index (χ3v) is 6.35. The Morgan fingerprint density at radius 2 is 2.00 bits per heavy atom. The van der Waals surface area contributed by atoms with Crippen molar-refractivity contribution in [3.63, 3.8) is 0 Å². The lowest BCUT2D eigenvalue weighted by Crippen LogP contribution is -2.47. The number of aliphatic carboxylic acids is 1. The Morgan fingerprint density at radius 3 is 2.53 bits per heavy atom. The minimum atomic E-state index is -5.08. The minimum Gasteiger partial charge on any atom is -0.475 e. The molecule has 3 heterocycles. The fourth-order valence-corrected chi connectivity index (χ4v) is 5.09. The van der Waals surface area contributed by atoms with Gasteiger partial charge in [-0.1, -0.05) is 13.8 Å². The van der Waals surface area contributed by atoms with Gasteiger partial charge in [0.15, 0.2) is 0 Å². The zero-order valence-electron chi connectivity index (χ0n) is 18.8. The molecule has 3 atom stereocenters. The van der Waals surface area contributed by atoms with E-state index in [-0.39, 0.29) is 5.91 Å². The number of aryl methyl sites for hydroxylation is 1. The van der Waals surface area contributed by atoms with Crippen LogP contribution in [-0.4, -0.2) is 73.7 Å². The van der Waals surface area contributed by atoms with Gasteiger partial charge in [-0.25, -0.2) is 4.79 Å². The van der Waals surface area contributed by atoms with E-state index in [1.54, 1.807) is 0 Å². The van der Waals surface area contributed by atoms with E-state index in [4.69, 9.17) is 14.9 Å². The van der Waals surface area contributed by atoms with Gasteiger partial charge >= 0.3 is 12.1 Å². The number of likely N-dealkylation sites (tertiary alicyclic amines) is 1. The number of carbonyl (C=O) groups excluding carboxylic acids is 1. The molecule has 2 aliphatic heterocycles. The topological polar surface area (TPSA) is 91.0 Å². The molecule has 2 fully saturated rings. The van der Waals surface area contributed by atoms with E-state index in [0.29, 0.717) is 17.8 Å². The van der Waals surface area contributed by atoms with Crippen LogP contribution in [0.3, 0.4) is 0 Å². The molecular formula is C21H30F3N5O3. The number of fused-ring (bicyclic) bond motifs is 2. The second kappa shape index (κ2) is 8.84. The number of halogens is 3. The maximum atomic E-state index is 13.3. The van der Waals surface area contributed by atoms with E-state index < -0.39 is 17.7 Å². The van der Waals surface area contributed by atoms with Crippen molar-refractivity contribution in [3.05, 3.63) is 18.0 Å². The standard InChI is InChI=1S/C19H29N5O.C2HF3O2/c1-13(2)8-24-14(3)21-19(18(24)25)6-5-16-11-23(12-17(16)19)10-15-7-20-22(4)9-15;3-2(4,5)1(6)7/h7,9,13,16-17H,5-6,8,10-12H2,1-4H3;(H,6,7)/t16-,17+,19-;/m1./s1. The van der Waals surface area contributed by atoms with Crippen molar-refractivity contribution >= 4 is 17.7 Å². The number of hydrogen-bond donors (Lipinski definition) is 1. The zero-order chi connectivity index (χ0) is 23.8. The number of carboxylic acids is 1. The molecule has 0 aromatic carbocycles. The van der Waals surface area contributed by atoms with Gasteiger partial charge in [0.2, 0.25) is 0 Å². The molecule has 3 aliphatic rings. The first-order valence-electron chi connectivity index (χ1n) is 10.7. The molecule has 178 valence electrons. The molecule has 1 amide bonds. The van der Waals surface area contributed by atoms with Gasteiger partial charge in [-0.15, -0.1) is 0 Å². The van der Waals surface area contributed by atoms with Gasteiger partial charge in [0, 0.05) is 50.9 Å². The second-order valence-corrected chi connectivity index (χ2v) is 9.32. The summed E-state index contributed by atoms with van der Waals surface area (Å²) in [5.41, 5.74) is 0.767. The van der Waals surface area contributed by atoms with Crippen LogP contribution in [0.5, 0.6) is 0 Å². The lowest BCUT2D eigenvalue weighted by Gasteiger charge is -2.28. The van der Waals surface area contributed by atoms with Crippen LogP contribution in [0.15, 0.2) is 17.4 Å². The average Bonchev–Trinajstić information content (AvgIpc) is 3.39. The predicted octanol–water partition coefficient (Wildman–Crippen LogP) is 2.55. The highest BCUT2D eigenvalue weighted by Gasteiger charge is 2.60. The Kier molecular flexibility index (Phi) is 6.69. The fraction of sp³-hybridized carbons (Fsp3) is 0.714. The summed E-state index contributed by atoms with van der Waals surface area (Å²) in [5.74, 6) is -0.154. The van der Waals surface area contributed by atoms with Crippen LogP contribution in [0.2, 0.25) is 0 Å². The summed E-state index contributed by atoms with van der Waals surface area (Å²) in [5, 5.41) is 11.4. The normalized spacial score (nSPS) is 27.7. The maximum absolute atomic E-state index is 13.3. The van der Waals surface area contributed by atoms with E-state index in [1.807, 2.05) is 29.7 Å². The molecule has 1 N–H and O–H groups in total. The highest BCUT2D eigenvalue weighted by Crippen LogP contribution is 2.50. The molecule has 1 aliphatic carbocycles. The summed E-state index contributed by atoms with van der Waals surface area (Å²) >= 11 is 0. The molecule has 1 spiro atoms. The zero-order valence-corrected chi connectivity index (χ0v) is 18.8. The Hall–Kier alpha value is -2.43. The molecular weight excluding hydrogens is 427 g/mol. The largest absolute Gasteiger partial charge is 0.490 e. The van der Waals surface area contributed by atoms with Gasteiger partial charge in [-0.2, -0.15) is 18.3 Å². The summed E-state index contributed by atoms with van der Waals surface area (Å²) in [6, 6.07) is 0. The SMILES string of the molecule is CC1=N[C@@]2(CC[C@@H]3CN(Cc4cnn(C)c4)C[C@@H]32)C(=O)N1CC(C)C.O=C(O)C(F)(F)F. The van der Waals surface area contributed by atoms with Crippen molar-refractivity contribution in [1.29, 1.82) is 0 Å². The van der Waals surface area contributed by atoms with Crippen LogP contribution >= 0.6 is 0 Å². The van der Waals surface area contributed by atoms with Crippen molar-refractivity contribution in [2.45, 2.75) is 51.9 Å². The molecule has 1 aromatic rings. The van der Waals surface area contributed by atoms with Gasteiger partial charge in [0.05, 0.1) is 6.20 Å². The number of carbonyl (C=O) groups is 2. The second-order valence-electron chi connectivity index (χ2n) is 9.32. The van der Waals surface area contributed by atoms with Gasteiger partial charge in [-0.3, -0.25) is 24.3 Å². The van der Waals surface area contributed by atoms with Gasteiger partial charge in [-0.05, 0) is 31.6 Å². The quantitative estimate of drug-likeness (QED) is 0.751. The number of nitrogens with zero attached hydrogens (tertiary/aromatic N) is 5. The number of amides is 1. The third-order valence-electron chi connectivity index (χ3n) is 6.35. The molecule has 4 rings (SSSR count). The number of aromatic nitrogens is 2. The molecule has 0 bridgehead atoms. The Morgan fingerprint density at radius 1 is 1.34 bits per heavy atom. The summed E-state index contributed by atoms with van der Waals surface area (Å²) in [6.07, 6.45) is 0.981. The van der Waals surface area contributed by atoms with Gasteiger partial charge < -0.3 is 5.11 Å². The van der Waals surface area contributed by atoms with Crippen LogP contribution in [0.1, 0.15) is 39.2 Å². The van der Waals surface area contributed by atoms with Crippen molar-refractivity contribution in [2.24, 2.45) is 29.8 Å². The fourth-order valence-electron chi connectivity index (χ4n) is 5.09. The third kappa shape index (κ3) is 4.82. The van der Waals surface area contributed by atoms with Crippen molar-refractivity contribution in [3.8, 4) is 0 Å². The Bertz CT molecular complexity index is 897. The molecule has 0 unspecified atom stereocenters. The number of aliphatic imine (C=N–C) groups is 1. The molecule has 32 heavy (non-hydrogen) atoms. The smallest absolute Gasteiger partial charge is 0.475 e. The minimum absolute atomic E-state index is 0.259. The Labute approximate surface area is 185 Å². The molecule has 1 aromatic heterocycles. The molecule has 1 saturated carbocycles.